The minimum Gasteiger partial charge on any atom is -0.497 e. The molecule has 11 nitrogen and oxygen atoms in total. The van der Waals surface area contributed by atoms with E-state index in [0.717, 1.165) is 5.57 Å². The highest BCUT2D eigenvalue weighted by Gasteiger charge is 2.77. The quantitative estimate of drug-likeness (QED) is 0.330. The van der Waals surface area contributed by atoms with E-state index in [9.17, 15) is 15.0 Å². The highest BCUT2D eigenvalue weighted by Crippen LogP contribution is 2.70. The number of likely N-dealkylation sites (tertiary alicyclic amines) is 1. The standard InChI is InChI=1S/C36H38N2O9/c1-20(2)17-27(39)37-26-11-8-16-38(26)33(40)30-28(21-9-6-5-7-10-21)36(22-12-14-23(43-3)15-13-22)34(41)35(30,42)29-24(47-36)18-25-31(32(29)44-4)46-19-45-25/h5-7,9-10,12-15,17-18,26,28,30,34,41-42H,8,11,16,19H2,1-4H3,(H,37,39)/t26-,28-,30+,34+,35+,36+/m1/s1. The lowest BCUT2D eigenvalue weighted by atomic mass is 9.75. The molecule has 7 rings (SSSR count). The third-order valence-corrected chi connectivity index (χ3v) is 9.79. The summed E-state index contributed by atoms with van der Waals surface area (Å²) in [5.74, 6) is -1.46. The first-order valence-corrected chi connectivity index (χ1v) is 15.7. The number of allylic oxidation sites excluding steroid dienone is 1. The van der Waals surface area contributed by atoms with E-state index in [1.807, 2.05) is 44.2 Å². The molecule has 3 aromatic rings. The van der Waals surface area contributed by atoms with Crippen LogP contribution in [-0.4, -0.2) is 66.8 Å². The Morgan fingerprint density at radius 1 is 1.02 bits per heavy atom. The highest BCUT2D eigenvalue weighted by molar-refractivity contribution is 5.90. The highest BCUT2D eigenvalue weighted by atomic mass is 16.7. The van der Waals surface area contributed by atoms with Crippen molar-refractivity contribution < 1.29 is 43.5 Å². The summed E-state index contributed by atoms with van der Waals surface area (Å²) in [4.78, 5) is 29.6. The molecule has 1 saturated heterocycles. The van der Waals surface area contributed by atoms with Crippen LogP contribution in [0.5, 0.6) is 28.7 Å². The van der Waals surface area contributed by atoms with Crippen molar-refractivity contribution in [3.05, 3.63) is 89.0 Å². The first kappa shape index (κ1) is 30.9. The maximum atomic E-state index is 15.2. The van der Waals surface area contributed by atoms with Gasteiger partial charge in [-0.15, -0.1) is 0 Å². The summed E-state index contributed by atoms with van der Waals surface area (Å²) in [7, 11) is 2.98. The van der Waals surface area contributed by atoms with E-state index in [0.29, 0.717) is 42.0 Å². The Hall–Kier alpha value is -4.74. The number of nitrogens with one attached hydrogen (secondary N) is 1. The third-order valence-electron chi connectivity index (χ3n) is 9.79. The third kappa shape index (κ3) is 4.55. The molecular weight excluding hydrogens is 604 g/mol. The van der Waals surface area contributed by atoms with Crippen LogP contribution in [0.1, 0.15) is 49.3 Å². The number of carbonyl (C=O) groups is 2. The van der Waals surface area contributed by atoms with Crippen LogP contribution in [0.2, 0.25) is 0 Å². The van der Waals surface area contributed by atoms with Gasteiger partial charge < -0.3 is 44.1 Å². The smallest absolute Gasteiger partial charge is 0.245 e. The molecule has 3 N–H and O–H groups in total. The monoisotopic (exact) mass is 642 g/mol. The van der Waals surface area contributed by atoms with Gasteiger partial charge in [0, 0.05) is 24.6 Å². The lowest BCUT2D eigenvalue weighted by Crippen LogP contribution is -2.56. The number of hydrogen-bond acceptors (Lipinski definition) is 9. The summed E-state index contributed by atoms with van der Waals surface area (Å²) in [5.41, 5.74) is -1.77. The number of rotatable bonds is 7. The molecule has 3 aromatic carbocycles. The van der Waals surface area contributed by atoms with Crippen LogP contribution in [0.25, 0.3) is 0 Å². The molecule has 2 amide bonds. The van der Waals surface area contributed by atoms with Crippen molar-refractivity contribution in [2.24, 2.45) is 5.92 Å². The Morgan fingerprint density at radius 3 is 2.45 bits per heavy atom. The zero-order chi connectivity index (χ0) is 33.1. The van der Waals surface area contributed by atoms with Gasteiger partial charge in [0.2, 0.25) is 24.4 Å². The average Bonchev–Trinajstić information content (AvgIpc) is 3.76. The van der Waals surface area contributed by atoms with Crippen molar-refractivity contribution in [2.75, 3.05) is 27.6 Å². The van der Waals surface area contributed by atoms with E-state index >= 15 is 4.79 Å². The molecule has 0 aromatic heterocycles. The lowest BCUT2D eigenvalue weighted by molar-refractivity contribution is -0.167. The fraction of sp³-hybridized carbons (Fsp3) is 0.389. The molecule has 47 heavy (non-hydrogen) atoms. The summed E-state index contributed by atoms with van der Waals surface area (Å²) < 4.78 is 29.7. The van der Waals surface area contributed by atoms with Crippen LogP contribution in [0.3, 0.4) is 0 Å². The maximum absolute atomic E-state index is 15.2. The van der Waals surface area contributed by atoms with Crippen molar-refractivity contribution in [1.82, 2.24) is 10.2 Å². The number of benzene rings is 3. The van der Waals surface area contributed by atoms with Crippen LogP contribution in [0, 0.1) is 5.92 Å². The van der Waals surface area contributed by atoms with Gasteiger partial charge in [-0.05, 0) is 49.9 Å². The van der Waals surface area contributed by atoms with E-state index in [4.69, 9.17) is 23.7 Å². The van der Waals surface area contributed by atoms with Crippen LogP contribution in [0.15, 0.2) is 72.3 Å². The minimum atomic E-state index is -2.24. The Morgan fingerprint density at radius 2 is 1.77 bits per heavy atom. The number of aliphatic hydroxyl groups is 2. The first-order chi connectivity index (χ1) is 22.6. The molecule has 3 heterocycles. The Balaban J connectivity index is 1.48. The predicted octanol–water partition coefficient (Wildman–Crippen LogP) is 3.71. The number of nitrogens with zero attached hydrogens (tertiary/aromatic N) is 1. The van der Waals surface area contributed by atoms with Gasteiger partial charge in [-0.25, -0.2) is 0 Å². The summed E-state index contributed by atoms with van der Waals surface area (Å²) in [6.07, 6.45) is 0.402. The normalized spacial score (nSPS) is 28.3. The largest absolute Gasteiger partial charge is 0.497 e. The van der Waals surface area contributed by atoms with Gasteiger partial charge in [-0.3, -0.25) is 9.59 Å². The molecule has 3 aliphatic heterocycles. The number of methoxy groups -OCH3 is 2. The SMILES string of the molecule is COc1ccc([C@]23Oc4cc5c(c(OC)c4[C@](O)([C@H](C(=O)N4CCC[C@@H]4NC(=O)C=C(C)C)[C@H]2c2ccccc2)[C@@H]3O)OCO5)cc1. The minimum absolute atomic E-state index is 0.0744. The molecule has 0 radical (unpaired) electrons. The molecule has 1 aliphatic carbocycles. The molecule has 0 spiro atoms. The van der Waals surface area contributed by atoms with Crippen molar-refractivity contribution >= 4 is 11.8 Å². The second kappa shape index (κ2) is 11.5. The van der Waals surface area contributed by atoms with E-state index in [-0.39, 0.29) is 35.5 Å². The van der Waals surface area contributed by atoms with Crippen molar-refractivity contribution in [3.8, 4) is 28.7 Å². The molecule has 1 saturated carbocycles. The summed E-state index contributed by atoms with van der Waals surface area (Å²) in [6, 6.07) is 18.0. The number of amides is 2. The zero-order valence-corrected chi connectivity index (χ0v) is 26.7. The Kier molecular flexibility index (Phi) is 7.56. The van der Waals surface area contributed by atoms with Crippen LogP contribution >= 0.6 is 0 Å². The van der Waals surface area contributed by atoms with Gasteiger partial charge >= 0.3 is 0 Å². The van der Waals surface area contributed by atoms with Crippen LogP contribution < -0.4 is 29.0 Å². The molecule has 246 valence electrons. The van der Waals surface area contributed by atoms with E-state index in [1.165, 1.54) is 13.2 Å². The number of hydrogen-bond donors (Lipinski definition) is 3. The van der Waals surface area contributed by atoms with Gasteiger partial charge in [0.05, 0.1) is 25.7 Å². The maximum Gasteiger partial charge on any atom is 0.245 e. The first-order valence-electron chi connectivity index (χ1n) is 15.7. The van der Waals surface area contributed by atoms with E-state index in [1.54, 1.807) is 42.3 Å². The van der Waals surface area contributed by atoms with E-state index in [2.05, 4.69) is 5.32 Å². The molecule has 2 bridgehead atoms. The number of aliphatic hydroxyl groups excluding tert-OH is 1. The van der Waals surface area contributed by atoms with Gasteiger partial charge in [0.25, 0.3) is 0 Å². The second-order valence-corrected chi connectivity index (χ2v) is 12.7. The van der Waals surface area contributed by atoms with Gasteiger partial charge in [-0.2, -0.15) is 0 Å². The molecule has 2 fully saturated rings. The van der Waals surface area contributed by atoms with Gasteiger partial charge in [0.1, 0.15) is 29.4 Å². The van der Waals surface area contributed by atoms with Crippen molar-refractivity contribution in [3.63, 3.8) is 0 Å². The van der Waals surface area contributed by atoms with Crippen molar-refractivity contribution in [1.29, 1.82) is 0 Å². The topological polar surface area (TPSA) is 136 Å². The fourth-order valence-electron chi connectivity index (χ4n) is 7.91. The molecule has 11 heteroatoms. The number of carbonyl (C=O) groups excluding carboxylic acids is 2. The fourth-order valence-corrected chi connectivity index (χ4v) is 7.91. The second-order valence-electron chi connectivity index (χ2n) is 12.7. The number of ether oxygens (including phenoxy) is 5. The molecular formula is C36H38N2O9. The van der Waals surface area contributed by atoms with Crippen LogP contribution in [0.4, 0.5) is 0 Å². The lowest BCUT2D eigenvalue weighted by Gasteiger charge is -2.45. The summed E-state index contributed by atoms with van der Waals surface area (Å²) >= 11 is 0. The molecule has 6 atom stereocenters. The zero-order valence-electron chi connectivity index (χ0n) is 26.7. The van der Waals surface area contributed by atoms with E-state index < -0.39 is 41.2 Å². The molecule has 4 aliphatic rings. The number of fused-ring (bicyclic) bond motifs is 5. The van der Waals surface area contributed by atoms with Gasteiger partial charge in [-0.1, -0.05) is 48.0 Å². The summed E-state index contributed by atoms with van der Waals surface area (Å²) in [6.45, 7) is 3.93. The Bertz CT molecular complexity index is 1740. The predicted molar refractivity (Wildman–Crippen MR) is 169 cm³/mol. The van der Waals surface area contributed by atoms with Gasteiger partial charge in [0.15, 0.2) is 17.1 Å². The summed E-state index contributed by atoms with van der Waals surface area (Å²) in [5, 5.41) is 28.9. The average molecular weight is 643 g/mol. The van der Waals surface area contributed by atoms with Crippen molar-refractivity contribution in [2.45, 2.75) is 56.1 Å². The molecule has 0 unspecified atom stereocenters. The van der Waals surface area contributed by atoms with Crippen LogP contribution in [-0.2, 0) is 20.8 Å². The Labute approximate surface area is 272 Å².